The number of ether oxygens (including phenoxy) is 1. The normalized spacial score (nSPS) is 12.2. The molecule has 1 unspecified atom stereocenters. The number of phenols is 1. The highest BCUT2D eigenvalue weighted by atomic mass is 79.9. The molecule has 0 aliphatic rings. The number of rotatable bonds is 7. The summed E-state index contributed by atoms with van der Waals surface area (Å²) in [6.45, 7) is 4.20. The average molecular weight is 484 g/mol. The molecule has 1 amide bonds. The van der Waals surface area contributed by atoms with Crippen molar-refractivity contribution >= 4 is 44.0 Å². The zero-order valence-corrected chi connectivity index (χ0v) is 17.7. The molecule has 0 fully saturated rings. The van der Waals surface area contributed by atoms with E-state index in [9.17, 15) is 9.90 Å². The molecule has 2 aromatic carbocycles. The summed E-state index contributed by atoms with van der Waals surface area (Å²) in [6, 6.07) is 11.1. The number of nitrogens with zero attached hydrogens (tertiary/aromatic N) is 1. The van der Waals surface area contributed by atoms with Gasteiger partial charge in [-0.05, 0) is 79.6 Å². The summed E-state index contributed by atoms with van der Waals surface area (Å²) in [6.07, 6.45) is 2.56. The van der Waals surface area contributed by atoms with Gasteiger partial charge in [-0.25, -0.2) is 5.43 Å². The fourth-order valence-electron chi connectivity index (χ4n) is 2.15. The van der Waals surface area contributed by atoms with Crippen molar-refractivity contribution in [3.05, 3.63) is 56.5 Å². The van der Waals surface area contributed by atoms with Crippen molar-refractivity contribution in [1.29, 1.82) is 0 Å². The van der Waals surface area contributed by atoms with E-state index < -0.39 is 0 Å². The number of aromatic hydroxyl groups is 1. The minimum Gasteiger partial charge on any atom is -0.506 e. The first kappa shape index (κ1) is 20.5. The fourth-order valence-corrected chi connectivity index (χ4v) is 3.37. The van der Waals surface area contributed by atoms with E-state index in [0.717, 1.165) is 6.42 Å². The summed E-state index contributed by atoms with van der Waals surface area (Å²) in [5, 5.41) is 13.5. The van der Waals surface area contributed by atoms with Gasteiger partial charge in [0.05, 0.1) is 15.2 Å². The lowest BCUT2D eigenvalue weighted by molar-refractivity contribution is -0.123. The van der Waals surface area contributed by atoms with Crippen LogP contribution in [0.1, 0.15) is 37.3 Å². The number of benzene rings is 2. The van der Waals surface area contributed by atoms with Gasteiger partial charge in [0.1, 0.15) is 11.5 Å². The molecule has 2 N–H and O–H groups in total. The van der Waals surface area contributed by atoms with E-state index in [1.165, 1.54) is 11.8 Å². The van der Waals surface area contributed by atoms with Crippen molar-refractivity contribution in [2.24, 2.45) is 5.10 Å². The molecule has 7 heteroatoms. The van der Waals surface area contributed by atoms with Gasteiger partial charge in [0, 0.05) is 0 Å². The molecule has 26 heavy (non-hydrogen) atoms. The Morgan fingerprint density at radius 3 is 2.46 bits per heavy atom. The smallest absolute Gasteiger partial charge is 0.277 e. The maximum atomic E-state index is 11.8. The molecule has 1 atom stereocenters. The molecular weight excluding hydrogens is 464 g/mol. The van der Waals surface area contributed by atoms with Crippen molar-refractivity contribution in [3.63, 3.8) is 0 Å². The summed E-state index contributed by atoms with van der Waals surface area (Å²) in [5.41, 5.74) is 4.37. The first-order valence-electron chi connectivity index (χ1n) is 8.13. The molecule has 0 bridgehead atoms. The maximum absolute atomic E-state index is 11.8. The molecule has 0 saturated carbocycles. The third kappa shape index (κ3) is 5.85. The lowest BCUT2D eigenvalue weighted by Gasteiger charge is -2.10. The molecule has 0 aliphatic carbocycles. The minimum atomic E-state index is -0.357. The van der Waals surface area contributed by atoms with Gasteiger partial charge in [0.15, 0.2) is 6.61 Å². The Labute approximate surface area is 169 Å². The quantitative estimate of drug-likeness (QED) is 0.431. The molecule has 138 valence electrons. The molecule has 0 spiro atoms. The molecule has 5 nitrogen and oxygen atoms in total. The second kappa shape index (κ2) is 9.73. The Balaban J connectivity index is 1.83. The van der Waals surface area contributed by atoms with E-state index in [0.29, 0.717) is 26.2 Å². The number of hydrogen-bond acceptors (Lipinski definition) is 4. The van der Waals surface area contributed by atoms with Crippen LogP contribution in [0.4, 0.5) is 0 Å². The van der Waals surface area contributed by atoms with E-state index in [1.807, 2.05) is 24.3 Å². The molecule has 0 radical (unpaired) electrons. The number of hydrogen-bond donors (Lipinski definition) is 2. The maximum Gasteiger partial charge on any atom is 0.277 e. The van der Waals surface area contributed by atoms with E-state index in [1.54, 1.807) is 12.1 Å². The van der Waals surface area contributed by atoms with Crippen molar-refractivity contribution in [3.8, 4) is 11.5 Å². The standard InChI is InChI=1S/C19H20Br2N2O3/c1-3-12(2)14-4-6-15(7-5-14)26-11-18(24)23-22-10-13-8-16(20)19(25)17(21)9-13/h4-10,12,25H,3,11H2,1-2H3,(H,23,24)/b22-10+. The predicted octanol–water partition coefficient (Wildman–Crippen LogP) is 4.96. The molecule has 0 saturated heterocycles. The zero-order chi connectivity index (χ0) is 19.1. The monoisotopic (exact) mass is 482 g/mol. The number of carbonyl (C=O) groups is 1. The van der Waals surface area contributed by atoms with Gasteiger partial charge in [-0.2, -0.15) is 5.10 Å². The van der Waals surface area contributed by atoms with Crippen LogP contribution in [0.15, 0.2) is 50.4 Å². The number of phenolic OH excluding ortho intramolecular Hbond substituents is 1. The zero-order valence-electron chi connectivity index (χ0n) is 14.5. The topological polar surface area (TPSA) is 70.9 Å². The molecule has 0 aliphatic heterocycles. The number of halogens is 2. The Kier molecular flexibility index (Phi) is 7.66. The van der Waals surface area contributed by atoms with Crippen LogP contribution in [0.5, 0.6) is 11.5 Å². The van der Waals surface area contributed by atoms with Gasteiger partial charge < -0.3 is 9.84 Å². The molecule has 2 rings (SSSR count). The molecule has 2 aromatic rings. The van der Waals surface area contributed by atoms with Crippen LogP contribution >= 0.6 is 31.9 Å². The third-order valence-corrected chi connectivity index (χ3v) is 5.08. The minimum absolute atomic E-state index is 0.110. The summed E-state index contributed by atoms with van der Waals surface area (Å²) in [5.74, 6) is 0.896. The average Bonchev–Trinajstić information content (AvgIpc) is 2.64. The summed E-state index contributed by atoms with van der Waals surface area (Å²) in [7, 11) is 0. The van der Waals surface area contributed by atoms with Crippen LogP contribution in [0.3, 0.4) is 0 Å². The van der Waals surface area contributed by atoms with Gasteiger partial charge in [0.25, 0.3) is 5.91 Å². The summed E-state index contributed by atoms with van der Waals surface area (Å²) >= 11 is 6.48. The SMILES string of the molecule is CCC(C)c1ccc(OCC(=O)N/N=C/c2cc(Br)c(O)c(Br)c2)cc1. The van der Waals surface area contributed by atoms with Crippen LogP contribution in [-0.4, -0.2) is 23.8 Å². The first-order chi connectivity index (χ1) is 12.4. The van der Waals surface area contributed by atoms with Gasteiger partial charge >= 0.3 is 0 Å². The Morgan fingerprint density at radius 2 is 1.88 bits per heavy atom. The van der Waals surface area contributed by atoms with Gasteiger partial charge in [-0.1, -0.05) is 26.0 Å². The van der Waals surface area contributed by atoms with Crippen LogP contribution in [0.2, 0.25) is 0 Å². The number of hydrazone groups is 1. The van der Waals surface area contributed by atoms with Crippen molar-refractivity contribution in [1.82, 2.24) is 5.43 Å². The second-order valence-electron chi connectivity index (χ2n) is 5.79. The van der Waals surface area contributed by atoms with Crippen LogP contribution in [-0.2, 0) is 4.79 Å². The first-order valence-corrected chi connectivity index (χ1v) is 9.72. The largest absolute Gasteiger partial charge is 0.506 e. The summed E-state index contributed by atoms with van der Waals surface area (Å²) in [4.78, 5) is 11.8. The summed E-state index contributed by atoms with van der Waals surface area (Å²) < 4.78 is 6.52. The van der Waals surface area contributed by atoms with E-state index >= 15 is 0 Å². The number of amides is 1. The molecule has 0 aromatic heterocycles. The van der Waals surface area contributed by atoms with Crippen molar-refractivity contribution in [2.45, 2.75) is 26.2 Å². The second-order valence-corrected chi connectivity index (χ2v) is 7.50. The number of carbonyl (C=O) groups excluding carboxylic acids is 1. The molecular formula is C19H20Br2N2O3. The Bertz CT molecular complexity index is 769. The van der Waals surface area contributed by atoms with Gasteiger partial charge in [-0.15, -0.1) is 0 Å². The fraction of sp³-hybridized carbons (Fsp3) is 0.263. The van der Waals surface area contributed by atoms with Crippen LogP contribution in [0.25, 0.3) is 0 Å². The van der Waals surface area contributed by atoms with Gasteiger partial charge in [0.2, 0.25) is 0 Å². The van der Waals surface area contributed by atoms with Crippen molar-refractivity contribution < 1.29 is 14.6 Å². The Morgan fingerprint density at radius 1 is 1.27 bits per heavy atom. The highest BCUT2D eigenvalue weighted by molar-refractivity contribution is 9.11. The molecule has 0 heterocycles. The van der Waals surface area contributed by atoms with Crippen molar-refractivity contribution in [2.75, 3.05) is 6.61 Å². The highest BCUT2D eigenvalue weighted by Gasteiger charge is 2.06. The predicted molar refractivity (Wildman–Crippen MR) is 110 cm³/mol. The highest BCUT2D eigenvalue weighted by Crippen LogP contribution is 2.32. The van der Waals surface area contributed by atoms with E-state index in [-0.39, 0.29) is 18.3 Å². The lowest BCUT2D eigenvalue weighted by atomic mass is 9.99. The van der Waals surface area contributed by atoms with E-state index in [2.05, 4.69) is 56.2 Å². The van der Waals surface area contributed by atoms with E-state index in [4.69, 9.17) is 4.74 Å². The Hall–Kier alpha value is -1.86. The number of nitrogens with one attached hydrogen (secondary N) is 1. The van der Waals surface area contributed by atoms with Crippen LogP contribution < -0.4 is 10.2 Å². The lowest BCUT2D eigenvalue weighted by Crippen LogP contribution is -2.24. The van der Waals surface area contributed by atoms with Crippen LogP contribution in [0, 0.1) is 0 Å². The van der Waals surface area contributed by atoms with Gasteiger partial charge in [-0.3, -0.25) is 4.79 Å². The third-order valence-electron chi connectivity index (χ3n) is 3.87.